The summed E-state index contributed by atoms with van der Waals surface area (Å²) in [5.41, 5.74) is 8.64. The van der Waals surface area contributed by atoms with Gasteiger partial charge in [0.15, 0.2) is 5.78 Å². The van der Waals surface area contributed by atoms with Gasteiger partial charge in [0.2, 0.25) is 0 Å². The Morgan fingerprint density at radius 1 is 1.19 bits per heavy atom. The average molecular weight is 483 g/mol. The Morgan fingerprint density at radius 3 is 2.81 bits per heavy atom. The van der Waals surface area contributed by atoms with Gasteiger partial charge in [-0.15, -0.1) is 0 Å². The quantitative estimate of drug-likeness (QED) is 0.377. The van der Waals surface area contributed by atoms with Crippen molar-refractivity contribution < 1.29 is 14.3 Å². The number of nitrogens with zero attached hydrogens (tertiary/aromatic N) is 4. The molecule has 9 heteroatoms. The van der Waals surface area contributed by atoms with E-state index in [2.05, 4.69) is 21.9 Å². The number of aromatic nitrogens is 4. The molecule has 3 aromatic heterocycles. The van der Waals surface area contributed by atoms with Gasteiger partial charge in [-0.05, 0) is 43.2 Å². The number of carbonyl (C=O) groups excluding carboxylic acids is 2. The summed E-state index contributed by atoms with van der Waals surface area (Å²) in [7, 11) is 1.51. The molecule has 1 fully saturated rings. The molecule has 36 heavy (non-hydrogen) atoms. The van der Waals surface area contributed by atoms with Crippen molar-refractivity contribution in [3.63, 3.8) is 0 Å². The van der Waals surface area contributed by atoms with E-state index in [0.717, 1.165) is 25.1 Å². The number of carbonyl (C=O) groups is 2. The zero-order valence-electron chi connectivity index (χ0n) is 19.8. The van der Waals surface area contributed by atoms with Crippen molar-refractivity contribution in [2.45, 2.75) is 25.2 Å². The molecular weight excluding hydrogens is 456 g/mol. The van der Waals surface area contributed by atoms with Gasteiger partial charge < -0.3 is 15.8 Å². The van der Waals surface area contributed by atoms with Crippen molar-refractivity contribution in [3.8, 4) is 17.0 Å². The first kappa shape index (κ1) is 23.2. The molecule has 0 bridgehead atoms. The summed E-state index contributed by atoms with van der Waals surface area (Å²) < 4.78 is 7.48. The zero-order chi connectivity index (χ0) is 25.2. The molecule has 0 aliphatic heterocycles. The van der Waals surface area contributed by atoms with E-state index in [9.17, 15) is 9.59 Å². The van der Waals surface area contributed by atoms with Gasteiger partial charge in [0.1, 0.15) is 34.4 Å². The number of hydrogen-bond donors (Lipinski definition) is 2. The number of ether oxygens (including phenoxy) is 1. The fourth-order valence-electron chi connectivity index (χ4n) is 4.96. The summed E-state index contributed by atoms with van der Waals surface area (Å²) >= 11 is 0. The number of rotatable bonds is 7. The van der Waals surface area contributed by atoms with Gasteiger partial charge in [-0.25, -0.2) is 15.0 Å². The molecule has 5 rings (SSSR count). The van der Waals surface area contributed by atoms with Crippen molar-refractivity contribution in [2.75, 3.05) is 18.2 Å². The molecule has 1 aliphatic carbocycles. The molecule has 1 unspecified atom stereocenters. The molecule has 3 N–H and O–H groups in total. The molecule has 1 amide bonds. The van der Waals surface area contributed by atoms with Crippen LogP contribution in [0.4, 0.5) is 11.6 Å². The van der Waals surface area contributed by atoms with Crippen LogP contribution in [0.25, 0.3) is 16.8 Å². The number of nitrogens with two attached hydrogens (primary N) is 1. The number of pyridine rings is 1. The lowest BCUT2D eigenvalue weighted by Crippen LogP contribution is -2.17. The van der Waals surface area contributed by atoms with Crippen molar-refractivity contribution in [2.24, 2.45) is 5.92 Å². The Morgan fingerprint density at radius 2 is 2.06 bits per heavy atom. The predicted octanol–water partition coefficient (Wildman–Crippen LogP) is 4.27. The summed E-state index contributed by atoms with van der Waals surface area (Å²) in [6, 6.07) is 10.5. The molecule has 2 atom stereocenters. The average Bonchev–Trinajstić information content (AvgIpc) is 3.54. The van der Waals surface area contributed by atoms with Crippen molar-refractivity contribution >= 4 is 28.8 Å². The molecular formula is C27H26N6O3. The number of imidazole rings is 1. The number of nitrogens with one attached hydrogen (secondary N) is 1. The predicted molar refractivity (Wildman–Crippen MR) is 137 cm³/mol. The number of fused-ring (bicyclic) bond motifs is 1. The maximum absolute atomic E-state index is 12.9. The van der Waals surface area contributed by atoms with Crippen LogP contribution in [0.2, 0.25) is 0 Å². The first-order valence-electron chi connectivity index (χ1n) is 11.7. The Kier molecular flexibility index (Phi) is 6.20. The van der Waals surface area contributed by atoms with E-state index >= 15 is 0 Å². The summed E-state index contributed by atoms with van der Waals surface area (Å²) in [6.45, 7) is 3.67. The fraction of sp³-hybridized carbons (Fsp3) is 0.222. The van der Waals surface area contributed by atoms with Gasteiger partial charge >= 0.3 is 0 Å². The summed E-state index contributed by atoms with van der Waals surface area (Å²) in [5, 5.41) is 2.77. The van der Waals surface area contributed by atoms with Crippen LogP contribution in [0.5, 0.6) is 5.75 Å². The lowest BCUT2D eigenvalue weighted by Gasteiger charge is -2.16. The number of allylic oxidation sites excluding steroid dienone is 1. The second kappa shape index (κ2) is 9.61. The number of nitrogen functional groups attached to an aromatic ring is 1. The van der Waals surface area contributed by atoms with E-state index in [4.69, 9.17) is 15.5 Å². The number of hydrogen-bond acceptors (Lipinski definition) is 7. The van der Waals surface area contributed by atoms with Gasteiger partial charge in [0.05, 0.1) is 12.7 Å². The second-order valence-corrected chi connectivity index (χ2v) is 8.68. The van der Waals surface area contributed by atoms with E-state index in [-0.39, 0.29) is 23.5 Å². The second-order valence-electron chi connectivity index (χ2n) is 8.68. The Balaban J connectivity index is 1.57. The Hall–Kier alpha value is -4.53. The third-order valence-electron chi connectivity index (χ3n) is 6.65. The van der Waals surface area contributed by atoms with Crippen molar-refractivity contribution in [3.05, 3.63) is 79.0 Å². The number of amides is 1. The lowest BCUT2D eigenvalue weighted by atomic mass is 9.91. The third kappa shape index (κ3) is 4.08. The molecule has 0 radical (unpaired) electrons. The number of benzene rings is 1. The van der Waals surface area contributed by atoms with E-state index < -0.39 is 0 Å². The normalized spacial score (nSPS) is 17.1. The molecule has 0 spiro atoms. The van der Waals surface area contributed by atoms with Crippen LogP contribution in [0.3, 0.4) is 0 Å². The highest BCUT2D eigenvalue weighted by molar-refractivity contribution is 6.06. The van der Waals surface area contributed by atoms with Gasteiger partial charge in [0, 0.05) is 36.0 Å². The van der Waals surface area contributed by atoms with Crippen molar-refractivity contribution in [1.29, 1.82) is 0 Å². The molecule has 1 aromatic carbocycles. The monoisotopic (exact) mass is 482 g/mol. The van der Waals surface area contributed by atoms with E-state index in [1.807, 2.05) is 10.6 Å². The maximum atomic E-state index is 12.9. The van der Waals surface area contributed by atoms with Crippen LogP contribution >= 0.6 is 0 Å². The van der Waals surface area contributed by atoms with Gasteiger partial charge in [-0.2, -0.15) is 0 Å². The smallest absolute Gasteiger partial charge is 0.260 e. The zero-order valence-corrected chi connectivity index (χ0v) is 19.8. The fourth-order valence-corrected chi connectivity index (χ4v) is 4.96. The van der Waals surface area contributed by atoms with Gasteiger partial charge in [-0.1, -0.05) is 25.1 Å². The summed E-state index contributed by atoms with van der Waals surface area (Å²) in [6.07, 6.45) is 9.03. The molecule has 3 heterocycles. The number of anilines is 2. The SMILES string of the molecule is C=CC(=O)C1CCC[C@H]1c1nc(-c2ccc(C(=O)Nc3ccccn3)c(OC)c2)c2c(N)nccn12. The minimum absolute atomic E-state index is 0.0303. The summed E-state index contributed by atoms with van der Waals surface area (Å²) in [5.74, 6) is 1.39. The first-order valence-corrected chi connectivity index (χ1v) is 11.7. The lowest BCUT2D eigenvalue weighted by molar-refractivity contribution is -0.118. The van der Waals surface area contributed by atoms with E-state index in [1.54, 1.807) is 48.8 Å². The largest absolute Gasteiger partial charge is 0.496 e. The molecule has 1 saturated carbocycles. The standard InChI is InChI=1S/C27H26N6O3/c1-3-20(34)17-7-6-8-18(17)26-32-23(24-25(28)30-13-14-33(24)26)16-10-11-19(21(15-16)36-2)27(35)31-22-9-4-5-12-29-22/h3-5,9-15,17-18H,1,6-8H2,2H3,(H2,28,30)(H,29,31,35)/t17?,18-/m1/s1. The van der Waals surface area contributed by atoms with Gasteiger partial charge in [-0.3, -0.25) is 14.0 Å². The first-order chi connectivity index (χ1) is 17.5. The minimum atomic E-state index is -0.342. The van der Waals surface area contributed by atoms with Gasteiger partial charge in [0.25, 0.3) is 5.91 Å². The van der Waals surface area contributed by atoms with E-state index in [1.165, 1.54) is 13.2 Å². The van der Waals surface area contributed by atoms with Crippen molar-refractivity contribution in [1.82, 2.24) is 19.4 Å². The highest BCUT2D eigenvalue weighted by Gasteiger charge is 2.36. The van der Waals surface area contributed by atoms with Crippen LogP contribution in [0.15, 0.2) is 67.6 Å². The minimum Gasteiger partial charge on any atom is -0.496 e. The Labute approximate surface area is 208 Å². The Bertz CT molecular complexity index is 1460. The van der Waals surface area contributed by atoms with Crippen LogP contribution in [-0.2, 0) is 4.79 Å². The molecule has 9 nitrogen and oxygen atoms in total. The molecule has 1 aliphatic rings. The van der Waals surface area contributed by atoms with Crippen LogP contribution in [0.1, 0.15) is 41.4 Å². The molecule has 4 aromatic rings. The van der Waals surface area contributed by atoms with E-state index in [0.29, 0.717) is 39.7 Å². The topological polar surface area (TPSA) is 124 Å². The highest BCUT2D eigenvalue weighted by atomic mass is 16.5. The molecule has 182 valence electrons. The highest BCUT2D eigenvalue weighted by Crippen LogP contribution is 2.42. The number of ketones is 1. The van der Waals surface area contributed by atoms with Crippen LogP contribution < -0.4 is 15.8 Å². The number of methoxy groups -OCH3 is 1. The molecule has 0 saturated heterocycles. The third-order valence-corrected chi connectivity index (χ3v) is 6.65. The van der Waals surface area contributed by atoms with Crippen LogP contribution in [-0.4, -0.2) is 38.2 Å². The summed E-state index contributed by atoms with van der Waals surface area (Å²) in [4.78, 5) is 38.8. The maximum Gasteiger partial charge on any atom is 0.260 e. The van der Waals surface area contributed by atoms with Crippen LogP contribution in [0, 0.1) is 5.92 Å².